The van der Waals surface area contributed by atoms with Crippen LogP contribution in [0.15, 0.2) is 0 Å². The Morgan fingerprint density at radius 1 is 0.538 bits per heavy atom. The molecule has 0 aromatic carbocycles. The van der Waals surface area contributed by atoms with Crippen molar-refractivity contribution in [2.24, 2.45) is 0 Å². The number of hydrogen-bond donors (Lipinski definition) is 0. The van der Waals surface area contributed by atoms with Gasteiger partial charge in [-0.05, 0) is 31.8 Å². The van der Waals surface area contributed by atoms with Crippen molar-refractivity contribution in [1.82, 2.24) is 0 Å². The predicted molar refractivity (Wildman–Crippen MR) is 64.1 cm³/mol. The second-order valence-electron chi connectivity index (χ2n) is 4.49. The molecule has 0 unspecified atom stereocenters. The van der Waals surface area contributed by atoms with Crippen LogP contribution in [0.2, 0.25) is 0 Å². The minimum absolute atomic E-state index is 0.415. The van der Waals surface area contributed by atoms with Gasteiger partial charge < -0.3 is 0 Å². The molecule has 1 saturated heterocycles. The normalized spacial score (nSPS) is 24.7. The van der Waals surface area contributed by atoms with Gasteiger partial charge in [-0.15, -0.1) is 7.92 Å². The van der Waals surface area contributed by atoms with Gasteiger partial charge in [-0.2, -0.15) is 0 Å². The molecule has 1 fully saturated rings. The van der Waals surface area contributed by atoms with Gasteiger partial charge in [0, 0.05) is 0 Å². The molecule has 0 aromatic rings. The van der Waals surface area contributed by atoms with Crippen LogP contribution in [0, 0.1) is 0 Å². The van der Waals surface area contributed by atoms with Gasteiger partial charge >= 0.3 is 0 Å². The van der Waals surface area contributed by atoms with E-state index in [0.29, 0.717) is 7.92 Å². The SMILES string of the molecule is CP1CCCCCCCCCCC1. The second kappa shape index (κ2) is 7.80. The third-order valence-electron chi connectivity index (χ3n) is 3.08. The molecule has 0 saturated carbocycles. The minimum atomic E-state index is 0.415. The van der Waals surface area contributed by atoms with E-state index in [1.807, 2.05) is 0 Å². The van der Waals surface area contributed by atoms with E-state index >= 15 is 0 Å². The summed E-state index contributed by atoms with van der Waals surface area (Å²) in [5.74, 6) is 0. The fraction of sp³-hybridized carbons (Fsp3) is 1.00. The Bertz CT molecular complexity index is 99.7. The van der Waals surface area contributed by atoms with Crippen LogP contribution in [0.4, 0.5) is 0 Å². The molecule has 0 bridgehead atoms. The van der Waals surface area contributed by atoms with Gasteiger partial charge in [0.15, 0.2) is 0 Å². The van der Waals surface area contributed by atoms with Crippen LogP contribution < -0.4 is 0 Å². The van der Waals surface area contributed by atoms with E-state index in [1.54, 1.807) is 12.3 Å². The number of rotatable bonds is 0. The zero-order valence-electron chi connectivity index (χ0n) is 9.23. The van der Waals surface area contributed by atoms with Gasteiger partial charge in [-0.1, -0.05) is 44.9 Å². The van der Waals surface area contributed by atoms with E-state index in [9.17, 15) is 0 Å². The third-order valence-corrected chi connectivity index (χ3v) is 5.24. The van der Waals surface area contributed by atoms with Gasteiger partial charge in [0.2, 0.25) is 0 Å². The summed E-state index contributed by atoms with van der Waals surface area (Å²) in [4.78, 5) is 0. The van der Waals surface area contributed by atoms with E-state index in [2.05, 4.69) is 6.66 Å². The lowest BCUT2D eigenvalue weighted by molar-refractivity contribution is 0.570. The average molecular weight is 200 g/mol. The first-order chi connectivity index (χ1) is 6.39. The van der Waals surface area contributed by atoms with Crippen molar-refractivity contribution in [1.29, 1.82) is 0 Å². The van der Waals surface area contributed by atoms with E-state index in [0.717, 1.165) is 0 Å². The number of hydrogen-bond acceptors (Lipinski definition) is 0. The molecular formula is C12H25P. The Morgan fingerprint density at radius 2 is 0.846 bits per heavy atom. The molecule has 1 rings (SSSR count). The Hall–Kier alpha value is 0.430. The highest BCUT2D eigenvalue weighted by molar-refractivity contribution is 7.56. The first-order valence-electron chi connectivity index (χ1n) is 6.08. The zero-order valence-corrected chi connectivity index (χ0v) is 10.1. The molecule has 1 aliphatic heterocycles. The van der Waals surface area contributed by atoms with E-state index in [-0.39, 0.29) is 0 Å². The predicted octanol–water partition coefficient (Wildman–Crippen LogP) is 4.62. The van der Waals surface area contributed by atoms with Gasteiger partial charge in [0.1, 0.15) is 0 Å². The Labute approximate surface area is 85.2 Å². The lowest BCUT2D eigenvalue weighted by Crippen LogP contribution is -1.92. The summed E-state index contributed by atoms with van der Waals surface area (Å²) >= 11 is 0. The molecule has 0 amide bonds. The summed E-state index contributed by atoms with van der Waals surface area (Å²) in [5.41, 5.74) is 0. The van der Waals surface area contributed by atoms with E-state index in [1.165, 1.54) is 57.8 Å². The van der Waals surface area contributed by atoms with Crippen molar-refractivity contribution < 1.29 is 0 Å². The molecule has 0 nitrogen and oxygen atoms in total. The maximum Gasteiger partial charge on any atom is -0.0328 e. The van der Waals surface area contributed by atoms with E-state index in [4.69, 9.17) is 0 Å². The van der Waals surface area contributed by atoms with E-state index < -0.39 is 0 Å². The van der Waals surface area contributed by atoms with Gasteiger partial charge in [0.25, 0.3) is 0 Å². The summed E-state index contributed by atoms with van der Waals surface area (Å²) in [6, 6.07) is 0. The summed E-state index contributed by atoms with van der Waals surface area (Å²) in [6.45, 7) is 2.50. The van der Waals surface area contributed by atoms with Crippen LogP contribution >= 0.6 is 7.92 Å². The molecule has 0 atom stereocenters. The highest BCUT2D eigenvalue weighted by atomic mass is 31.1. The molecule has 0 spiro atoms. The Balaban J connectivity index is 2.11. The third kappa shape index (κ3) is 6.49. The second-order valence-corrected chi connectivity index (χ2v) is 7.09. The van der Waals surface area contributed by atoms with Crippen LogP contribution in [0.25, 0.3) is 0 Å². The summed E-state index contributed by atoms with van der Waals surface area (Å²) in [6.07, 6.45) is 16.7. The summed E-state index contributed by atoms with van der Waals surface area (Å²) in [5, 5.41) is 0. The van der Waals surface area contributed by atoms with Crippen molar-refractivity contribution in [3.05, 3.63) is 0 Å². The van der Waals surface area contributed by atoms with Crippen molar-refractivity contribution in [3.63, 3.8) is 0 Å². The van der Waals surface area contributed by atoms with Crippen molar-refractivity contribution in [2.45, 2.75) is 57.8 Å². The van der Waals surface area contributed by atoms with Crippen molar-refractivity contribution >= 4 is 7.92 Å². The van der Waals surface area contributed by atoms with Crippen molar-refractivity contribution in [3.8, 4) is 0 Å². The molecule has 0 N–H and O–H groups in total. The largest absolute Gasteiger partial charge is 0.110 e. The summed E-state index contributed by atoms with van der Waals surface area (Å²) < 4.78 is 0. The zero-order chi connectivity index (χ0) is 9.36. The molecule has 0 aromatic heterocycles. The van der Waals surface area contributed by atoms with Crippen LogP contribution in [-0.2, 0) is 0 Å². The van der Waals surface area contributed by atoms with Gasteiger partial charge in [-0.3, -0.25) is 0 Å². The minimum Gasteiger partial charge on any atom is -0.110 e. The molecule has 1 aliphatic rings. The first kappa shape index (κ1) is 11.5. The maximum absolute atomic E-state index is 2.50. The van der Waals surface area contributed by atoms with Crippen LogP contribution in [-0.4, -0.2) is 19.0 Å². The molecule has 78 valence electrons. The molecule has 1 heterocycles. The van der Waals surface area contributed by atoms with Gasteiger partial charge in [0.05, 0.1) is 0 Å². The highest BCUT2D eigenvalue weighted by Crippen LogP contribution is 2.33. The standard InChI is InChI=1S/C12H25P/c1-13-11-9-7-5-3-2-4-6-8-10-12-13/h2-12H2,1H3. The van der Waals surface area contributed by atoms with Crippen LogP contribution in [0.3, 0.4) is 0 Å². The lowest BCUT2D eigenvalue weighted by Gasteiger charge is -2.13. The van der Waals surface area contributed by atoms with Gasteiger partial charge in [-0.25, -0.2) is 0 Å². The molecule has 0 radical (unpaired) electrons. The van der Waals surface area contributed by atoms with Crippen LogP contribution in [0.1, 0.15) is 57.8 Å². The van der Waals surface area contributed by atoms with Crippen LogP contribution in [0.5, 0.6) is 0 Å². The molecular weight excluding hydrogens is 175 g/mol. The molecule has 0 aliphatic carbocycles. The average Bonchev–Trinajstić information content (AvgIpc) is 2.11. The first-order valence-corrected chi connectivity index (χ1v) is 8.24. The molecule has 1 heteroatoms. The highest BCUT2D eigenvalue weighted by Gasteiger charge is 2.02. The maximum atomic E-state index is 2.50. The van der Waals surface area contributed by atoms with Crippen molar-refractivity contribution in [2.75, 3.05) is 19.0 Å². The monoisotopic (exact) mass is 200 g/mol. The quantitative estimate of drug-likeness (QED) is 0.500. The summed E-state index contributed by atoms with van der Waals surface area (Å²) in [7, 11) is 0.415. The molecule has 13 heavy (non-hydrogen) atoms. The smallest absolute Gasteiger partial charge is 0.0328 e. The topological polar surface area (TPSA) is 0 Å². The fourth-order valence-corrected chi connectivity index (χ4v) is 3.86. The Morgan fingerprint density at radius 3 is 1.23 bits per heavy atom. The lowest BCUT2D eigenvalue weighted by atomic mass is 10.1. The Kier molecular flexibility index (Phi) is 6.90. The fourth-order valence-electron chi connectivity index (χ4n) is 2.11.